The van der Waals surface area contributed by atoms with Crippen LogP contribution in [0.25, 0.3) is 22.3 Å². The molecule has 0 saturated heterocycles. The molecule has 0 radical (unpaired) electrons. The SMILES string of the molecule is CN(c1ccc2cc(-c3n[nH]c4c3CCC(C)(C)C4)[nH]c2c1)C(O)[C@@H](O)C1CCCCC1. The molecule has 1 unspecified atom stereocenters. The van der Waals surface area contributed by atoms with Crippen molar-refractivity contribution in [3.8, 4) is 11.4 Å². The van der Waals surface area contributed by atoms with Crippen molar-refractivity contribution in [2.45, 2.75) is 77.5 Å². The molecule has 0 amide bonds. The van der Waals surface area contributed by atoms with Crippen LogP contribution in [0.3, 0.4) is 0 Å². The van der Waals surface area contributed by atoms with E-state index in [1.165, 1.54) is 24.1 Å². The molecule has 2 aliphatic rings. The first kappa shape index (κ1) is 21.5. The van der Waals surface area contributed by atoms with Crippen molar-refractivity contribution in [1.82, 2.24) is 15.2 Å². The maximum absolute atomic E-state index is 10.8. The molecule has 32 heavy (non-hydrogen) atoms. The second-order valence-electron chi connectivity index (χ2n) is 10.7. The van der Waals surface area contributed by atoms with E-state index in [9.17, 15) is 10.2 Å². The summed E-state index contributed by atoms with van der Waals surface area (Å²) in [5.41, 5.74) is 6.86. The summed E-state index contributed by atoms with van der Waals surface area (Å²) in [5, 5.41) is 30.6. The van der Waals surface area contributed by atoms with Gasteiger partial charge in [-0.3, -0.25) is 5.10 Å². The molecule has 2 aliphatic carbocycles. The van der Waals surface area contributed by atoms with Crippen LogP contribution in [0.5, 0.6) is 0 Å². The number of aliphatic hydroxyl groups excluding tert-OH is 2. The number of rotatable bonds is 5. The standard InChI is InChI=1S/C26H36N4O2/c1-26(2)12-11-19-22(15-26)28-29-23(19)21-13-17-9-10-18(14-20(17)27-21)30(3)25(32)24(31)16-7-5-4-6-8-16/h9-10,13-14,16,24-25,27,31-32H,4-8,11-12,15H2,1-3H3,(H,28,29)/t24-,25?/m0/s1. The first-order chi connectivity index (χ1) is 15.3. The van der Waals surface area contributed by atoms with Gasteiger partial charge in [0, 0.05) is 34.9 Å². The van der Waals surface area contributed by atoms with E-state index in [4.69, 9.17) is 0 Å². The van der Waals surface area contributed by atoms with Crippen molar-refractivity contribution in [2.75, 3.05) is 11.9 Å². The third-order valence-corrected chi connectivity index (χ3v) is 7.76. The fourth-order valence-corrected chi connectivity index (χ4v) is 5.63. The number of benzene rings is 1. The molecular formula is C26H36N4O2. The Morgan fingerprint density at radius 2 is 1.91 bits per heavy atom. The highest BCUT2D eigenvalue weighted by Gasteiger charge is 2.31. The van der Waals surface area contributed by atoms with Crippen molar-refractivity contribution in [3.63, 3.8) is 0 Å². The molecule has 0 spiro atoms. The van der Waals surface area contributed by atoms with Crippen molar-refractivity contribution in [1.29, 1.82) is 0 Å². The second-order valence-corrected chi connectivity index (χ2v) is 10.7. The summed E-state index contributed by atoms with van der Waals surface area (Å²) in [6.07, 6.45) is 7.12. The molecule has 6 nitrogen and oxygen atoms in total. The van der Waals surface area contributed by atoms with Gasteiger partial charge in [0.25, 0.3) is 0 Å². The molecule has 5 rings (SSSR count). The number of nitrogens with one attached hydrogen (secondary N) is 2. The van der Waals surface area contributed by atoms with Crippen molar-refractivity contribution in [2.24, 2.45) is 11.3 Å². The fourth-order valence-electron chi connectivity index (χ4n) is 5.63. The summed E-state index contributed by atoms with van der Waals surface area (Å²) < 4.78 is 0. The lowest BCUT2D eigenvalue weighted by Crippen LogP contribution is -2.45. The Kier molecular flexibility index (Phi) is 5.54. The molecule has 2 aromatic heterocycles. The number of hydrogen-bond acceptors (Lipinski definition) is 4. The lowest BCUT2D eigenvalue weighted by molar-refractivity contribution is -0.0257. The minimum absolute atomic E-state index is 0.179. The van der Waals surface area contributed by atoms with Crippen LogP contribution in [0, 0.1) is 11.3 Å². The number of anilines is 1. The minimum Gasteiger partial charge on any atom is -0.388 e. The number of aromatic nitrogens is 3. The molecule has 6 heteroatoms. The minimum atomic E-state index is -0.910. The highest BCUT2D eigenvalue weighted by atomic mass is 16.3. The average molecular weight is 437 g/mol. The normalized spacial score (nSPS) is 20.8. The molecule has 0 aliphatic heterocycles. The van der Waals surface area contributed by atoms with Crippen LogP contribution in [0.1, 0.15) is 63.6 Å². The lowest BCUT2D eigenvalue weighted by atomic mass is 9.76. The highest BCUT2D eigenvalue weighted by molar-refractivity contribution is 5.88. The summed E-state index contributed by atoms with van der Waals surface area (Å²) in [6, 6.07) is 8.29. The molecule has 1 fully saturated rings. The Hall–Kier alpha value is -2.31. The van der Waals surface area contributed by atoms with Gasteiger partial charge in [0.05, 0.1) is 5.69 Å². The lowest BCUT2D eigenvalue weighted by Gasteiger charge is -2.35. The van der Waals surface area contributed by atoms with Gasteiger partial charge in [0.15, 0.2) is 6.23 Å². The Labute approximate surface area is 190 Å². The summed E-state index contributed by atoms with van der Waals surface area (Å²) in [5.74, 6) is 0.179. The van der Waals surface area contributed by atoms with Crippen molar-refractivity contribution >= 4 is 16.6 Å². The maximum Gasteiger partial charge on any atom is 0.153 e. The van der Waals surface area contributed by atoms with Crippen LogP contribution >= 0.6 is 0 Å². The zero-order valence-electron chi connectivity index (χ0n) is 19.5. The van der Waals surface area contributed by atoms with Crippen LogP contribution < -0.4 is 4.90 Å². The first-order valence-electron chi connectivity index (χ1n) is 12.1. The van der Waals surface area contributed by atoms with E-state index in [2.05, 4.69) is 47.2 Å². The Morgan fingerprint density at radius 3 is 2.69 bits per heavy atom. The van der Waals surface area contributed by atoms with E-state index in [1.54, 1.807) is 4.90 Å². The van der Waals surface area contributed by atoms with Gasteiger partial charge in [-0.05, 0) is 61.6 Å². The summed E-state index contributed by atoms with van der Waals surface area (Å²) in [7, 11) is 1.85. The molecule has 2 atom stereocenters. The largest absolute Gasteiger partial charge is 0.388 e. The zero-order chi connectivity index (χ0) is 22.5. The third-order valence-electron chi connectivity index (χ3n) is 7.76. The van der Waals surface area contributed by atoms with E-state index < -0.39 is 12.3 Å². The molecule has 0 bridgehead atoms. The quantitative estimate of drug-likeness (QED) is 0.434. The molecule has 4 N–H and O–H groups in total. The van der Waals surface area contributed by atoms with Crippen LogP contribution in [-0.4, -0.2) is 44.8 Å². The summed E-state index contributed by atoms with van der Waals surface area (Å²) >= 11 is 0. The maximum atomic E-state index is 10.8. The number of aromatic amines is 2. The molecule has 1 saturated carbocycles. The summed E-state index contributed by atoms with van der Waals surface area (Å²) in [6.45, 7) is 4.63. The molecule has 1 aromatic carbocycles. The Morgan fingerprint density at radius 1 is 1.12 bits per heavy atom. The third kappa shape index (κ3) is 3.95. The average Bonchev–Trinajstić information content (AvgIpc) is 3.40. The molecule has 2 heterocycles. The number of nitrogens with zero attached hydrogens (tertiary/aromatic N) is 2. The van der Waals surface area contributed by atoms with Gasteiger partial charge in [-0.15, -0.1) is 0 Å². The van der Waals surface area contributed by atoms with Gasteiger partial charge in [0.2, 0.25) is 0 Å². The molecule has 172 valence electrons. The van der Waals surface area contributed by atoms with Crippen LogP contribution in [0.2, 0.25) is 0 Å². The van der Waals surface area contributed by atoms with Crippen LogP contribution in [0.15, 0.2) is 24.3 Å². The van der Waals surface area contributed by atoms with Gasteiger partial charge in [-0.2, -0.15) is 5.10 Å². The Balaban J connectivity index is 1.38. The first-order valence-corrected chi connectivity index (χ1v) is 12.1. The Bertz CT molecular complexity index is 1090. The highest BCUT2D eigenvalue weighted by Crippen LogP contribution is 2.38. The van der Waals surface area contributed by atoms with E-state index in [-0.39, 0.29) is 5.92 Å². The van der Waals surface area contributed by atoms with Gasteiger partial charge in [-0.25, -0.2) is 0 Å². The number of fused-ring (bicyclic) bond motifs is 2. The predicted molar refractivity (Wildman–Crippen MR) is 129 cm³/mol. The molecule has 3 aromatic rings. The van der Waals surface area contributed by atoms with Gasteiger partial charge >= 0.3 is 0 Å². The van der Waals surface area contributed by atoms with Gasteiger partial charge in [0.1, 0.15) is 11.8 Å². The summed E-state index contributed by atoms with van der Waals surface area (Å²) in [4.78, 5) is 5.33. The number of likely N-dealkylation sites (N-methyl/N-ethyl adjacent to an activating group) is 1. The van der Waals surface area contributed by atoms with E-state index in [0.29, 0.717) is 5.41 Å². The number of H-pyrrole nitrogens is 2. The van der Waals surface area contributed by atoms with Gasteiger partial charge in [-0.1, -0.05) is 39.2 Å². The molecular weight excluding hydrogens is 400 g/mol. The van der Waals surface area contributed by atoms with Gasteiger partial charge < -0.3 is 20.1 Å². The number of hydrogen-bond donors (Lipinski definition) is 4. The zero-order valence-corrected chi connectivity index (χ0v) is 19.5. The second kappa shape index (κ2) is 8.23. The van der Waals surface area contributed by atoms with E-state index >= 15 is 0 Å². The van der Waals surface area contributed by atoms with E-state index in [1.807, 2.05) is 13.1 Å². The van der Waals surface area contributed by atoms with E-state index in [0.717, 1.165) is 66.5 Å². The van der Waals surface area contributed by atoms with Crippen LogP contribution in [-0.2, 0) is 12.8 Å². The predicted octanol–water partition coefficient (Wildman–Crippen LogP) is 4.77. The fraction of sp³-hybridized carbons (Fsp3) is 0.577. The monoisotopic (exact) mass is 436 g/mol. The number of aliphatic hydroxyl groups is 2. The van der Waals surface area contributed by atoms with Crippen molar-refractivity contribution < 1.29 is 10.2 Å². The van der Waals surface area contributed by atoms with Crippen LogP contribution in [0.4, 0.5) is 5.69 Å². The topological polar surface area (TPSA) is 88.2 Å². The van der Waals surface area contributed by atoms with Crippen molar-refractivity contribution in [3.05, 3.63) is 35.5 Å². The smallest absolute Gasteiger partial charge is 0.153 e.